The Labute approximate surface area is 126 Å². The molecule has 2 N–H and O–H groups in total. The molecule has 0 radical (unpaired) electrons. The molecule has 0 fully saturated rings. The fraction of sp³-hybridized carbons (Fsp3) is 0.214. The van der Waals surface area contributed by atoms with E-state index in [0.717, 1.165) is 15.9 Å². The standard InChI is InChI=1S/C14H15BrN4O/c1-10-2-4-13(17-8-10)19-14(20)6-7-16-12-5-3-11(15)9-18-12/h2-5,8-9H,6-7H2,1H3,(H,16,18)(H,17,19,20). The van der Waals surface area contributed by atoms with Crippen LogP contribution in [0.25, 0.3) is 0 Å². The molecule has 2 rings (SSSR count). The van der Waals surface area contributed by atoms with E-state index in [2.05, 4.69) is 36.5 Å². The average Bonchev–Trinajstić information content (AvgIpc) is 2.44. The number of carbonyl (C=O) groups excluding carboxylic acids is 1. The minimum absolute atomic E-state index is 0.0778. The van der Waals surface area contributed by atoms with Crippen LogP contribution in [0.4, 0.5) is 11.6 Å². The van der Waals surface area contributed by atoms with Gasteiger partial charge in [-0.15, -0.1) is 0 Å². The molecule has 0 aromatic carbocycles. The third-order valence-corrected chi connectivity index (χ3v) is 3.03. The second-order valence-corrected chi connectivity index (χ2v) is 5.22. The van der Waals surface area contributed by atoms with Crippen LogP contribution in [0.1, 0.15) is 12.0 Å². The number of anilines is 2. The Balaban J connectivity index is 1.75. The lowest BCUT2D eigenvalue weighted by molar-refractivity contribution is -0.116. The Morgan fingerprint density at radius 1 is 1.15 bits per heavy atom. The number of halogens is 1. The van der Waals surface area contributed by atoms with Gasteiger partial charge in [0.1, 0.15) is 11.6 Å². The maximum absolute atomic E-state index is 11.7. The second-order valence-electron chi connectivity index (χ2n) is 4.31. The van der Waals surface area contributed by atoms with Crippen LogP contribution in [-0.2, 0) is 4.79 Å². The maximum Gasteiger partial charge on any atom is 0.227 e. The predicted molar refractivity (Wildman–Crippen MR) is 82.6 cm³/mol. The number of aromatic nitrogens is 2. The Morgan fingerprint density at radius 2 is 1.90 bits per heavy atom. The van der Waals surface area contributed by atoms with E-state index in [4.69, 9.17) is 0 Å². The minimum atomic E-state index is -0.0778. The van der Waals surface area contributed by atoms with Gasteiger partial charge < -0.3 is 10.6 Å². The van der Waals surface area contributed by atoms with E-state index in [9.17, 15) is 4.79 Å². The van der Waals surface area contributed by atoms with Crippen molar-refractivity contribution >= 4 is 33.5 Å². The molecule has 6 heteroatoms. The van der Waals surface area contributed by atoms with E-state index >= 15 is 0 Å². The highest BCUT2D eigenvalue weighted by Crippen LogP contribution is 2.10. The number of pyridine rings is 2. The van der Waals surface area contributed by atoms with Gasteiger partial charge >= 0.3 is 0 Å². The molecule has 0 aliphatic carbocycles. The Bertz CT molecular complexity index is 569. The molecule has 2 heterocycles. The molecule has 0 saturated heterocycles. The van der Waals surface area contributed by atoms with Gasteiger partial charge in [-0.25, -0.2) is 9.97 Å². The highest BCUT2D eigenvalue weighted by Gasteiger charge is 2.03. The smallest absolute Gasteiger partial charge is 0.227 e. The first kappa shape index (κ1) is 14.5. The highest BCUT2D eigenvalue weighted by molar-refractivity contribution is 9.10. The lowest BCUT2D eigenvalue weighted by Crippen LogP contribution is -2.17. The van der Waals surface area contributed by atoms with Gasteiger partial charge in [0, 0.05) is 29.8 Å². The monoisotopic (exact) mass is 334 g/mol. The normalized spacial score (nSPS) is 10.1. The number of rotatable bonds is 5. The van der Waals surface area contributed by atoms with Crippen molar-refractivity contribution in [2.45, 2.75) is 13.3 Å². The summed E-state index contributed by atoms with van der Waals surface area (Å²) in [5, 5.41) is 5.83. The van der Waals surface area contributed by atoms with Gasteiger partial charge in [-0.1, -0.05) is 6.07 Å². The zero-order valence-electron chi connectivity index (χ0n) is 11.1. The molecule has 5 nitrogen and oxygen atoms in total. The summed E-state index contributed by atoms with van der Waals surface area (Å²) in [7, 11) is 0. The quantitative estimate of drug-likeness (QED) is 0.882. The summed E-state index contributed by atoms with van der Waals surface area (Å²) >= 11 is 3.32. The average molecular weight is 335 g/mol. The van der Waals surface area contributed by atoms with Crippen molar-refractivity contribution in [3.8, 4) is 0 Å². The predicted octanol–water partition coefficient (Wildman–Crippen LogP) is 2.99. The molecule has 0 atom stereocenters. The van der Waals surface area contributed by atoms with Crippen LogP contribution in [0.5, 0.6) is 0 Å². The molecule has 0 spiro atoms. The van der Waals surface area contributed by atoms with Gasteiger partial charge in [-0.3, -0.25) is 4.79 Å². The van der Waals surface area contributed by atoms with Crippen LogP contribution in [0.2, 0.25) is 0 Å². The molecule has 0 aliphatic heterocycles. The van der Waals surface area contributed by atoms with Crippen LogP contribution in [0.3, 0.4) is 0 Å². The number of carbonyl (C=O) groups is 1. The number of nitrogens with one attached hydrogen (secondary N) is 2. The third kappa shape index (κ3) is 4.62. The Morgan fingerprint density at radius 3 is 2.55 bits per heavy atom. The molecule has 0 unspecified atom stereocenters. The fourth-order valence-electron chi connectivity index (χ4n) is 1.53. The van der Waals surface area contributed by atoms with Crippen molar-refractivity contribution < 1.29 is 4.79 Å². The zero-order valence-corrected chi connectivity index (χ0v) is 12.6. The minimum Gasteiger partial charge on any atom is -0.370 e. The van der Waals surface area contributed by atoms with E-state index in [-0.39, 0.29) is 5.91 Å². The first-order valence-corrected chi connectivity index (χ1v) is 7.01. The van der Waals surface area contributed by atoms with Crippen LogP contribution < -0.4 is 10.6 Å². The van der Waals surface area contributed by atoms with Crippen molar-refractivity contribution in [1.82, 2.24) is 9.97 Å². The molecule has 20 heavy (non-hydrogen) atoms. The molecule has 104 valence electrons. The lowest BCUT2D eigenvalue weighted by Gasteiger charge is -2.06. The summed E-state index contributed by atoms with van der Waals surface area (Å²) in [6.45, 7) is 2.47. The second kappa shape index (κ2) is 7.00. The van der Waals surface area contributed by atoms with Gasteiger partial charge in [0.2, 0.25) is 5.91 Å². The zero-order chi connectivity index (χ0) is 14.4. The van der Waals surface area contributed by atoms with Crippen molar-refractivity contribution in [3.63, 3.8) is 0 Å². The topological polar surface area (TPSA) is 66.9 Å². The third-order valence-electron chi connectivity index (χ3n) is 2.56. The van der Waals surface area contributed by atoms with E-state index in [1.807, 2.05) is 25.1 Å². The molecule has 0 saturated carbocycles. The summed E-state index contributed by atoms with van der Waals surface area (Å²) in [6, 6.07) is 7.44. The van der Waals surface area contributed by atoms with Crippen molar-refractivity contribution in [2.24, 2.45) is 0 Å². The summed E-state index contributed by atoms with van der Waals surface area (Å²) < 4.78 is 0.922. The van der Waals surface area contributed by atoms with E-state index in [0.29, 0.717) is 18.8 Å². The number of hydrogen-bond acceptors (Lipinski definition) is 4. The van der Waals surface area contributed by atoms with Gasteiger partial charge in [-0.2, -0.15) is 0 Å². The van der Waals surface area contributed by atoms with Gasteiger partial charge in [0.15, 0.2) is 0 Å². The SMILES string of the molecule is Cc1ccc(NC(=O)CCNc2ccc(Br)cn2)nc1. The molecular formula is C14H15BrN4O. The molecular weight excluding hydrogens is 320 g/mol. The summed E-state index contributed by atoms with van der Waals surface area (Å²) in [4.78, 5) is 20.0. The summed E-state index contributed by atoms with van der Waals surface area (Å²) in [5.41, 5.74) is 1.06. The van der Waals surface area contributed by atoms with Crippen molar-refractivity contribution in [1.29, 1.82) is 0 Å². The number of aryl methyl sites for hydroxylation is 1. The fourth-order valence-corrected chi connectivity index (χ4v) is 1.77. The van der Waals surface area contributed by atoms with Gasteiger partial charge in [0.05, 0.1) is 0 Å². The van der Waals surface area contributed by atoms with Crippen LogP contribution in [-0.4, -0.2) is 22.4 Å². The van der Waals surface area contributed by atoms with Crippen molar-refractivity contribution in [3.05, 3.63) is 46.7 Å². The molecule has 2 aromatic heterocycles. The Hall–Kier alpha value is -1.95. The first-order chi connectivity index (χ1) is 9.63. The highest BCUT2D eigenvalue weighted by atomic mass is 79.9. The number of nitrogens with zero attached hydrogens (tertiary/aromatic N) is 2. The maximum atomic E-state index is 11.7. The molecule has 1 amide bonds. The molecule has 0 aliphatic rings. The van der Waals surface area contributed by atoms with Crippen molar-refractivity contribution in [2.75, 3.05) is 17.2 Å². The summed E-state index contributed by atoms with van der Waals surface area (Å²) in [6.07, 6.45) is 3.78. The van der Waals surface area contributed by atoms with Gasteiger partial charge in [0.25, 0.3) is 0 Å². The Kier molecular flexibility index (Phi) is 5.06. The number of hydrogen-bond donors (Lipinski definition) is 2. The number of amides is 1. The van der Waals surface area contributed by atoms with E-state index < -0.39 is 0 Å². The molecule has 2 aromatic rings. The van der Waals surface area contributed by atoms with Crippen LogP contribution in [0.15, 0.2) is 41.1 Å². The van der Waals surface area contributed by atoms with E-state index in [1.165, 1.54) is 0 Å². The van der Waals surface area contributed by atoms with Crippen LogP contribution >= 0.6 is 15.9 Å². The van der Waals surface area contributed by atoms with Crippen LogP contribution in [0, 0.1) is 6.92 Å². The lowest BCUT2D eigenvalue weighted by atomic mass is 10.3. The summed E-state index contributed by atoms with van der Waals surface area (Å²) in [5.74, 6) is 1.24. The van der Waals surface area contributed by atoms with E-state index in [1.54, 1.807) is 18.5 Å². The van der Waals surface area contributed by atoms with Gasteiger partial charge in [-0.05, 0) is 46.6 Å². The largest absolute Gasteiger partial charge is 0.370 e. The molecule has 0 bridgehead atoms. The first-order valence-electron chi connectivity index (χ1n) is 6.21.